The van der Waals surface area contributed by atoms with Crippen LogP contribution < -0.4 is 11.1 Å². The van der Waals surface area contributed by atoms with Crippen molar-refractivity contribution in [2.45, 2.75) is 32.2 Å². The highest BCUT2D eigenvalue weighted by molar-refractivity contribution is 5.46. The van der Waals surface area contributed by atoms with Gasteiger partial charge in [0.1, 0.15) is 17.5 Å². The third kappa shape index (κ3) is 2.41. The summed E-state index contributed by atoms with van der Waals surface area (Å²) in [7, 11) is 0. The first kappa shape index (κ1) is 11.1. The molecule has 1 aromatic heterocycles. The number of aryl methyl sites for hydroxylation is 1. The van der Waals surface area contributed by atoms with Gasteiger partial charge >= 0.3 is 0 Å². The van der Waals surface area contributed by atoms with Crippen molar-refractivity contribution in [1.82, 2.24) is 9.97 Å². The Bertz CT molecular complexity index is 374. The van der Waals surface area contributed by atoms with Gasteiger partial charge in [-0.3, -0.25) is 0 Å². The zero-order valence-electron chi connectivity index (χ0n) is 9.79. The van der Waals surface area contributed by atoms with Gasteiger partial charge in [0, 0.05) is 19.1 Å². The molecule has 1 aliphatic heterocycles. The van der Waals surface area contributed by atoms with Gasteiger partial charge < -0.3 is 15.8 Å². The van der Waals surface area contributed by atoms with Crippen LogP contribution in [0, 0.1) is 0 Å². The van der Waals surface area contributed by atoms with Crippen molar-refractivity contribution in [2.75, 3.05) is 24.3 Å². The minimum Gasteiger partial charge on any atom is -0.384 e. The van der Waals surface area contributed by atoms with Crippen LogP contribution >= 0.6 is 0 Å². The van der Waals surface area contributed by atoms with Gasteiger partial charge in [-0.2, -0.15) is 0 Å². The van der Waals surface area contributed by atoms with Crippen molar-refractivity contribution in [3.8, 4) is 0 Å². The summed E-state index contributed by atoms with van der Waals surface area (Å²) >= 11 is 0. The first-order valence-corrected chi connectivity index (χ1v) is 5.61. The smallest absolute Gasteiger partial charge is 0.132 e. The summed E-state index contributed by atoms with van der Waals surface area (Å²) in [5.74, 6) is 2.07. The standard InChI is InChI=1S/C11H18N4O/c1-3-9-13-8(12)6-10(14-9)15-11(2)4-5-16-7-11/h6H,3-5,7H2,1-2H3,(H3,12,13,14,15). The van der Waals surface area contributed by atoms with E-state index in [1.807, 2.05) is 6.92 Å². The molecule has 0 saturated carbocycles. The topological polar surface area (TPSA) is 73.1 Å². The summed E-state index contributed by atoms with van der Waals surface area (Å²) in [6.07, 6.45) is 1.77. The zero-order valence-corrected chi connectivity index (χ0v) is 9.79. The van der Waals surface area contributed by atoms with Gasteiger partial charge in [-0.1, -0.05) is 6.92 Å². The lowest BCUT2D eigenvalue weighted by molar-refractivity contribution is 0.185. The molecule has 2 rings (SSSR count). The molecule has 1 atom stereocenters. The van der Waals surface area contributed by atoms with Crippen LogP contribution in [0.15, 0.2) is 6.07 Å². The zero-order chi connectivity index (χ0) is 11.6. The van der Waals surface area contributed by atoms with Gasteiger partial charge in [-0.15, -0.1) is 0 Å². The largest absolute Gasteiger partial charge is 0.384 e. The van der Waals surface area contributed by atoms with Crippen molar-refractivity contribution >= 4 is 11.6 Å². The highest BCUT2D eigenvalue weighted by Gasteiger charge is 2.29. The second-order valence-corrected chi connectivity index (χ2v) is 4.44. The quantitative estimate of drug-likeness (QED) is 0.804. The van der Waals surface area contributed by atoms with Gasteiger partial charge in [0.25, 0.3) is 0 Å². The molecule has 3 N–H and O–H groups in total. The number of aromatic nitrogens is 2. The maximum Gasteiger partial charge on any atom is 0.132 e. The van der Waals surface area contributed by atoms with E-state index in [-0.39, 0.29) is 5.54 Å². The number of nitrogens with two attached hydrogens (primary N) is 1. The van der Waals surface area contributed by atoms with E-state index in [2.05, 4.69) is 22.2 Å². The molecule has 1 fully saturated rings. The summed E-state index contributed by atoms with van der Waals surface area (Å²) in [5.41, 5.74) is 5.69. The molecule has 16 heavy (non-hydrogen) atoms. The Hall–Kier alpha value is -1.36. The van der Waals surface area contributed by atoms with Crippen LogP contribution in [0.5, 0.6) is 0 Å². The summed E-state index contributed by atoms with van der Waals surface area (Å²) < 4.78 is 5.38. The Morgan fingerprint density at radius 2 is 2.38 bits per heavy atom. The van der Waals surface area contributed by atoms with E-state index in [0.29, 0.717) is 12.4 Å². The van der Waals surface area contributed by atoms with Gasteiger partial charge in [0.15, 0.2) is 0 Å². The van der Waals surface area contributed by atoms with E-state index in [1.165, 1.54) is 0 Å². The molecular weight excluding hydrogens is 204 g/mol. The lowest BCUT2D eigenvalue weighted by Crippen LogP contribution is -2.35. The number of nitrogens with one attached hydrogen (secondary N) is 1. The lowest BCUT2D eigenvalue weighted by Gasteiger charge is -2.24. The number of nitrogen functional groups attached to an aromatic ring is 1. The molecular formula is C11H18N4O. The number of hydrogen-bond donors (Lipinski definition) is 2. The second-order valence-electron chi connectivity index (χ2n) is 4.44. The normalized spacial score (nSPS) is 24.6. The van der Waals surface area contributed by atoms with E-state index >= 15 is 0 Å². The fourth-order valence-electron chi connectivity index (χ4n) is 1.81. The van der Waals surface area contributed by atoms with Gasteiger partial charge in [-0.05, 0) is 13.3 Å². The molecule has 0 aromatic carbocycles. The minimum absolute atomic E-state index is 0.0359. The third-order valence-corrected chi connectivity index (χ3v) is 2.76. The first-order chi connectivity index (χ1) is 7.61. The Labute approximate surface area is 95.4 Å². The molecule has 0 radical (unpaired) electrons. The Morgan fingerprint density at radius 1 is 1.56 bits per heavy atom. The third-order valence-electron chi connectivity index (χ3n) is 2.76. The second kappa shape index (κ2) is 4.25. The van der Waals surface area contributed by atoms with E-state index < -0.39 is 0 Å². The predicted octanol–water partition coefficient (Wildman–Crippen LogP) is 1.21. The summed E-state index contributed by atoms with van der Waals surface area (Å²) in [5, 5.41) is 3.38. The van der Waals surface area contributed by atoms with Crippen LogP contribution in [-0.4, -0.2) is 28.7 Å². The monoisotopic (exact) mass is 222 g/mol. The molecule has 0 aliphatic carbocycles. The molecule has 1 unspecified atom stereocenters. The molecule has 0 spiro atoms. The van der Waals surface area contributed by atoms with Crippen LogP contribution in [-0.2, 0) is 11.2 Å². The van der Waals surface area contributed by atoms with Crippen molar-refractivity contribution in [3.63, 3.8) is 0 Å². The highest BCUT2D eigenvalue weighted by Crippen LogP contribution is 2.23. The van der Waals surface area contributed by atoms with E-state index in [9.17, 15) is 0 Å². The fraction of sp³-hybridized carbons (Fsp3) is 0.636. The van der Waals surface area contributed by atoms with Crippen LogP contribution in [0.4, 0.5) is 11.6 Å². The number of hydrogen-bond acceptors (Lipinski definition) is 5. The van der Waals surface area contributed by atoms with Crippen molar-refractivity contribution < 1.29 is 4.74 Å². The SMILES string of the molecule is CCc1nc(N)cc(NC2(C)CCOC2)n1. The summed E-state index contributed by atoms with van der Waals surface area (Å²) in [6.45, 7) is 5.64. The van der Waals surface area contributed by atoms with E-state index in [0.717, 1.165) is 31.1 Å². The maximum absolute atomic E-state index is 5.73. The molecule has 1 aromatic rings. The van der Waals surface area contributed by atoms with Crippen molar-refractivity contribution in [1.29, 1.82) is 0 Å². The predicted molar refractivity (Wildman–Crippen MR) is 63.3 cm³/mol. The molecule has 88 valence electrons. The van der Waals surface area contributed by atoms with Gasteiger partial charge in [0.05, 0.1) is 12.1 Å². The number of ether oxygens (including phenoxy) is 1. The first-order valence-electron chi connectivity index (χ1n) is 5.61. The van der Waals surface area contributed by atoms with Gasteiger partial charge in [0.2, 0.25) is 0 Å². The van der Waals surface area contributed by atoms with E-state index in [1.54, 1.807) is 6.07 Å². The fourth-order valence-corrected chi connectivity index (χ4v) is 1.81. The van der Waals surface area contributed by atoms with Crippen LogP contribution in [0.25, 0.3) is 0 Å². The average molecular weight is 222 g/mol. The van der Waals surface area contributed by atoms with Crippen LogP contribution in [0.3, 0.4) is 0 Å². The molecule has 1 aliphatic rings. The molecule has 2 heterocycles. The highest BCUT2D eigenvalue weighted by atomic mass is 16.5. The summed E-state index contributed by atoms with van der Waals surface area (Å²) in [4.78, 5) is 8.55. The molecule has 1 saturated heterocycles. The number of nitrogens with zero attached hydrogens (tertiary/aromatic N) is 2. The van der Waals surface area contributed by atoms with E-state index in [4.69, 9.17) is 10.5 Å². The Balaban J connectivity index is 2.17. The molecule has 5 nitrogen and oxygen atoms in total. The Morgan fingerprint density at radius 3 is 3.00 bits per heavy atom. The summed E-state index contributed by atoms with van der Waals surface area (Å²) in [6, 6.07) is 1.77. The molecule has 0 bridgehead atoms. The van der Waals surface area contributed by atoms with Gasteiger partial charge in [-0.25, -0.2) is 9.97 Å². The lowest BCUT2D eigenvalue weighted by atomic mass is 10.0. The van der Waals surface area contributed by atoms with Crippen molar-refractivity contribution in [3.05, 3.63) is 11.9 Å². The van der Waals surface area contributed by atoms with Crippen LogP contribution in [0.1, 0.15) is 26.1 Å². The van der Waals surface area contributed by atoms with Crippen LogP contribution in [0.2, 0.25) is 0 Å². The molecule has 0 amide bonds. The Kier molecular flexibility index (Phi) is 2.96. The maximum atomic E-state index is 5.73. The molecule has 5 heteroatoms. The van der Waals surface area contributed by atoms with Crippen molar-refractivity contribution in [2.24, 2.45) is 0 Å². The number of rotatable bonds is 3. The number of anilines is 2. The minimum atomic E-state index is -0.0359. The average Bonchev–Trinajstić information content (AvgIpc) is 2.63.